The Morgan fingerprint density at radius 2 is 2.55 bits per heavy atom. The lowest BCUT2D eigenvalue weighted by molar-refractivity contribution is 0.537. The summed E-state index contributed by atoms with van der Waals surface area (Å²) in [5.74, 6) is 0.713. The van der Waals surface area contributed by atoms with E-state index in [4.69, 9.17) is 5.73 Å². The summed E-state index contributed by atoms with van der Waals surface area (Å²) in [6, 6.07) is 0. The minimum Gasteiger partial charge on any atom is -0.327 e. The highest BCUT2D eigenvalue weighted by Crippen LogP contribution is 2.27. The molecule has 0 saturated carbocycles. The van der Waals surface area contributed by atoms with E-state index >= 15 is 0 Å². The normalized spacial score (nSPS) is 24.5. The van der Waals surface area contributed by atoms with Crippen molar-refractivity contribution in [2.45, 2.75) is 26.2 Å². The van der Waals surface area contributed by atoms with E-state index in [1.807, 2.05) is 0 Å². The van der Waals surface area contributed by atoms with Crippen LogP contribution in [0.25, 0.3) is 0 Å². The van der Waals surface area contributed by atoms with Crippen LogP contribution in [0.4, 0.5) is 0 Å². The molecule has 1 aliphatic carbocycles. The Kier molecular flexibility index (Phi) is 2.89. The van der Waals surface area contributed by atoms with Crippen LogP contribution in [0.3, 0.4) is 0 Å². The molecule has 11 heavy (non-hydrogen) atoms. The van der Waals surface area contributed by atoms with Gasteiger partial charge < -0.3 is 5.73 Å². The number of hydrogen-bond acceptors (Lipinski definition) is 1. The first-order valence-electron chi connectivity index (χ1n) is 4.27. The van der Waals surface area contributed by atoms with Gasteiger partial charge in [0, 0.05) is 6.54 Å². The summed E-state index contributed by atoms with van der Waals surface area (Å²) in [4.78, 5) is 0. The summed E-state index contributed by atoms with van der Waals surface area (Å²) in [5, 5.41) is 0. The van der Waals surface area contributed by atoms with Crippen LogP contribution in [0.2, 0.25) is 0 Å². The molecular weight excluding hydrogens is 134 g/mol. The number of nitrogens with two attached hydrogens (primary N) is 1. The molecule has 1 rings (SSSR count). The third-order valence-corrected chi connectivity index (χ3v) is 2.46. The average Bonchev–Trinajstić information content (AvgIpc) is 2.05. The Labute approximate surface area is 69.0 Å². The predicted molar refractivity (Wildman–Crippen MR) is 49.3 cm³/mol. The molecule has 1 aliphatic rings. The molecule has 0 bridgehead atoms. The van der Waals surface area contributed by atoms with Gasteiger partial charge in [-0.1, -0.05) is 23.8 Å². The van der Waals surface area contributed by atoms with Gasteiger partial charge in [0.2, 0.25) is 0 Å². The molecule has 0 aromatic heterocycles. The molecule has 0 aliphatic heterocycles. The largest absolute Gasteiger partial charge is 0.327 e. The SMILES string of the molecule is C=C(C)[C@H]1CC=C(CN)CC1. The minimum absolute atomic E-state index is 0.713. The van der Waals surface area contributed by atoms with Gasteiger partial charge in [-0.05, 0) is 32.1 Å². The summed E-state index contributed by atoms with van der Waals surface area (Å²) >= 11 is 0. The van der Waals surface area contributed by atoms with Gasteiger partial charge >= 0.3 is 0 Å². The average molecular weight is 151 g/mol. The van der Waals surface area contributed by atoms with Crippen LogP contribution in [0.5, 0.6) is 0 Å². The van der Waals surface area contributed by atoms with Crippen molar-refractivity contribution in [2.24, 2.45) is 11.7 Å². The van der Waals surface area contributed by atoms with Crippen molar-refractivity contribution in [1.29, 1.82) is 0 Å². The summed E-state index contributed by atoms with van der Waals surface area (Å²) in [6.45, 7) is 6.83. The van der Waals surface area contributed by atoms with E-state index in [-0.39, 0.29) is 0 Å². The van der Waals surface area contributed by atoms with Gasteiger partial charge in [-0.3, -0.25) is 0 Å². The smallest absolute Gasteiger partial charge is 0.0136 e. The zero-order valence-electron chi connectivity index (χ0n) is 7.27. The first kappa shape index (κ1) is 8.54. The number of rotatable bonds is 2. The van der Waals surface area contributed by atoms with E-state index in [9.17, 15) is 0 Å². The van der Waals surface area contributed by atoms with Gasteiger partial charge in [-0.2, -0.15) is 0 Å². The van der Waals surface area contributed by atoms with E-state index in [0.717, 1.165) is 13.0 Å². The van der Waals surface area contributed by atoms with Crippen molar-refractivity contribution in [3.8, 4) is 0 Å². The van der Waals surface area contributed by atoms with E-state index in [2.05, 4.69) is 19.6 Å². The van der Waals surface area contributed by atoms with Crippen molar-refractivity contribution < 1.29 is 0 Å². The summed E-state index contributed by atoms with van der Waals surface area (Å²) in [7, 11) is 0. The zero-order chi connectivity index (χ0) is 8.27. The minimum atomic E-state index is 0.713. The quantitative estimate of drug-likeness (QED) is 0.602. The Bertz CT molecular complexity index is 179. The summed E-state index contributed by atoms with van der Waals surface area (Å²) in [6.07, 6.45) is 5.86. The van der Waals surface area contributed by atoms with E-state index in [1.54, 1.807) is 0 Å². The molecule has 0 amide bonds. The number of hydrogen-bond donors (Lipinski definition) is 1. The lowest BCUT2D eigenvalue weighted by Gasteiger charge is -2.21. The zero-order valence-corrected chi connectivity index (χ0v) is 7.27. The van der Waals surface area contributed by atoms with Gasteiger partial charge in [0.15, 0.2) is 0 Å². The standard InChI is InChI=1S/C10H17N/c1-8(2)10-5-3-9(7-11)4-6-10/h3,10H,1,4-7,11H2,2H3/t10-/m0/s1. The van der Waals surface area contributed by atoms with Crippen LogP contribution < -0.4 is 5.73 Å². The topological polar surface area (TPSA) is 26.0 Å². The van der Waals surface area contributed by atoms with Crippen molar-refractivity contribution in [3.63, 3.8) is 0 Å². The van der Waals surface area contributed by atoms with Crippen LogP contribution in [0.1, 0.15) is 26.2 Å². The second-order valence-corrected chi connectivity index (χ2v) is 3.38. The maximum absolute atomic E-state index is 5.53. The van der Waals surface area contributed by atoms with Crippen molar-refractivity contribution >= 4 is 0 Å². The van der Waals surface area contributed by atoms with Crippen LogP contribution in [-0.4, -0.2) is 6.54 Å². The van der Waals surface area contributed by atoms with Crippen LogP contribution in [0.15, 0.2) is 23.8 Å². The fourth-order valence-corrected chi connectivity index (χ4v) is 1.52. The maximum Gasteiger partial charge on any atom is 0.0136 e. The lowest BCUT2D eigenvalue weighted by atomic mass is 9.86. The molecule has 0 radical (unpaired) electrons. The third-order valence-electron chi connectivity index (χ3n) is 2.46. The fraction of sp³-hybridized carbons (Fsp3) is 0.600. The third kappa shape index (κ3) is 2.19. The molecular formula is C10H17N. The Hall–Kier alpha value is -0.560. The molecule has 0 unspecified atom stereocenters. The van der Waals surface area contributed by atoms with E-state index in [1.165, 1.54) is 24.0 Å². The van der Waals surface area contributed by atoms with Crippen molar-refractivity contribution in [2.75, 3.05) is 6.54 Å². The predicted octanol–water partition coefficient (Wildman–Crippen LogP) is 2.25. The van der Waals surface area contributed by atoms with Gasteiger partial charge in [0.05, 0.1) is 0 Å². The lowest BCUT2D eigenvalue weighted by Crippen LogP contribution is -2.11. The number of allylic oxidation sites excluding steroid dienone is 2. The molecule has 2 N–H and O–H groups in total. The molecule has 1 atom stereocenters. The molecule has 0 aromatic rings. The van der Waals surface area contributed by atoms with E-state index < -0.39 is 0 Å². The summed E-state index contributed by atoms with van der Waals surface area (Å²) in [5.41, 5.74) is 8.27. The second kappa shape index (κ2) is 3.72. The molecule has 0 heterocycles. The van der Waals surface area contributed by atoms with Crippen molar-refractivity contribution in [3.05, 3.63) is 23.8 Å². The fourth-order valence-electron chi connectivity index (χ4n) is 1.52. The van der Waals surface area contributed by atoms with Crippen LogP contribution in [-0.2, 0) is 0 Å². The molecule has 0 aromatic carbocycles. The summed E-state index contributed by atoms with van der Waals surface area (Å²) < 4.78 is 0. The molecule has 0 fully saturated rings. The van der Waals surface area contributed by atoms with Gasteiger partial charge in [0.1, 0.15) is 0 Å². The highest BCUT2D eigenvalue weighted by molar-refractivity contribution is 5.12. The van der Waals surface area contributed by atoms with Gasteiger partial charge in [0.25, 0.3) is 0 Å². The molecule has 62 valence electrons. The second-order valence-electron chi connectivity index (χ2n) is 3.38. The first-order valence-corrected chi connectivity index (χ1v) is 4.27. The first-order chi connectivity index (χ1) is 5.24. The Morgan fingerprint density at radius 1 is 1.82 bits per heavy atom. The van der Waals surface area contributed by atoms with Gasteiger partial charge in [-0.15, -0.1) is 0 Å². The molecule has 1 heteroatoms. The van der Waals surface area contributed by atoms with Gasteiger partial charge in [-0.25, -0.2) is 0 Å². The van der Waals surface area contributed by atoms with Crippen LogP contribution >= 0.6 is 0 Å². The monoisotopic (exact) mass is 151 g/mol. The molecule has 0 saturated heterocycles. The molecule has 0 spiro atoms. The van der Waals surface area contributed by atoms with Crippen molar-refractivity contribution in [1.82, 2.24) is 0 Å². The maximum atomic E-state index is 5.53. The highest BCUT2D eigenvalue weighted by atomic mass is 14.5. The Morgan fingerprint density at radius 3 is 2.91 bits per heavy atom. The van der Waals surface area contributed by atoms with E-state index in [0.29, 0.717) is 5.92 Å². The molecule has 1 nitrogen and oxygen atoms in total. The Balaban J connectivity index is 2.47. The van der Waals surface area contributed by atoms with Crippen LogP contribution in [0, 0.1) is 5.92 Å². The highest BCUT2D eigenvalue weighted by Gasteiger charge is 2.13.